The van der Waals surface area contributed by atoms with Crippen molar-refractivity contribution in [1.29, 1.82) is 0 Å². The number of amides is 2. The van der Waals surface area contributed by atoms with E-state index in [0.29, 0.717) is 27.7 Å². The van der Waals surface area contributed by atoms with Gasteiger partial charge in [0.15, 0.2) is 5.69 Å². The predicted octanol–water partition coefficient (Wildman–Crippen LogP) is 2.81. The Morgan fingerprint density at radius 3 is 2.25 bits per heavy atom. The predicted molar refractivity (Wildman–Crippen MR) is 107 cm³/mol. The van der Waals surface area contributed by atoms with Crippen molar-refractivity contribution in [3.8, 4) is 5.69 Å². The zero-order chi connectivity index (χ0) is 20.3. The second-order valence-corrected chi connectivity index (χ2v) is 6.43. The summed E-state index contributed by atoms with van der Waals surface area (Å²) < 4.78 is 1.50. The molecular formula is C20H17ClN4O3. The largest absolute Gasteiger partial charge is 0.355 e. The molecule has 0 atom stereocenters. The van der Waals surface area contributed by atoms with Crippen molar-refractivity contribution in [1.82, 2.24) is 15.1 Å². The van der Waals surface area contributed by atoms with Crippen LogP contribution in [-0.4, -0.2) is 28.6 Å². The van der Waals surface area contributed by atoms with Gasteiger partial charge in [-0.25, -0.2) is 4.68 Å². The fourth-order valence-corrected chi connectivity index (χ4v) is 2.71. The molecule has 0 unspecified atom stereocenters. The molecule has 1 aromatic heterocycles. The lowest BCUT2D eigenvalue weighted by molar-refractivity contribution is 0.0962. The molecular weight excluding hydrogens is 380 g/mol. The van der Waals surface area contributed by atoms with E-state index in [9.17, 15) is 14.4 Å². The van der Waals surface area contributed by atoms with Gasteiger partial charge in [-0.2, -0.15) is 5.10 Å². The molecule has 7 nitrogen and oxygen atoms in total. The molecule has 8 heteroatoms. The van der Waals surface area contributed by atoms with Crippen LogP contribution in [-0.2, 0) is 0 Å². The second kappa shape index (κ2) is 8.06. The molecule has 28 heavy (non-hydrogen) atoms. The number of carbonyl (C=O) groups excluding carboxylic acids is 2. The van der Waals surface area contributed by atoms with E-state index in [0.717, 1.165) is 0 Å². The number of anilines is 1. The first-order chi connectivity index (χ1) is 13.4. The fraction of sp³-hybridized carbons (Fsp3) is 0.100. The maximum atomic E-state index is 12.6. The van der Waals surface area contributed by atoms with Gasteiger partial charge in [-0.1, -0.05) is 11.6 Å². The van der Waals surface area contributed by atoms with Gasteiger partial charge in [0.1, 0.15) is 0 Å². The highest BCUT2D eigenvalue weighted by Crippen LogP contribution is 2.14. The minimum atomic E-state index is -0.639. The van der Waals surface area contributed by atoms with Crippen LogP contribution >= 0.6 is 11.6 Å². The first kappa shape index (κ1) is 19.3. The fourth-order valence-electron chi connectivity index (χ4n) is 2.59. The van der Waals surface area contributed by atoms with E-state index < -0.39 is 11.3 Å². The van der Waals surface area contributed by atoms with Crippen molar-refractivity contribution in [2.75, 3.05) is 12.4 Å². The Morgan fingerprint density at radius 2 is 1.64 bits per heavy atom. The molecule has 0 aliphatic rings. The third-order valence-electron chi connectivity index (χ3n) is 4.03. The summed E-state index contributed by atoms with van der Waals surface area (Å²) in [5, 5.41) is 9.92. The SMILES string of the molecule is CNC(=O)c1ccc(NC(=O)c2nn(-c3ccc(Cl)cc3)c(C)cc2=O)cc1. The number of hydrogen-bond donors (Lipinski definition) is 2. The zero-order valence-corrected chi connectivity index (χ0v) is 15.9. The molecule has 142 valence electrons. The topological polar surface area (TPSA) is 93.1 Å². The molecule has 3 rings (SSSR count). The number of benzene rings is 2. The molecule has 1 heterocycles. The summed E-state index contributed by atoms with van der Waals surface area (Å²) in [6.07, 6.45) is 0. The molecule has 0 radical (unpaired) electrons. The number of carbonyl (C=O) groups is 2. The number of nitrogens with zero attached hydrogens (tertiary/aromatic N) is 2. The van der Waals surface area contributed by atoms with E-state index in [-0.39, 0.29) is 11.6 Å². The van der Waals surface area contributed by atoms with Crippen LogP contribution in [0, 0.1) is 6.92 Å². The monoisotopic (exact) mass is 396 g/mol. The molecule has 3 aromatic rings. The molecule has 0 spiro atoms. The van der Waals surface area contributed by atoms with Crippen LogP contribution < -0.4 is 16.1 Å². The molecule has 0 aliphatic carbocycles. The lowest BCUT2D eigenvalue weighted by Gasteiger charge is -2.11. The molecule has 0 bridgehead atoms. The Hall–Kier alpha value is -3.45. The Balaban J connectivity index is 1.89. The number of hydrogen-bond acceptors (Lipinski definition) is 4. The van der Waals surface area contributed by atoms with Gasteiger partial charge in [-0.05, 0) is 55.5 Å². The lowest BCUT2D eigenvalue weighted by Crippen LogP contribution is -2.27. The quantitative estimate of drug-likeness (QED) is 0.709. The summed E-state index contributed by atoms with van der Waals surface area (Å²) in [7, 11) is 1.53. The number of aryl methyl sites for hydroxylation is 1. The summed E-state index contributed by atoms with van der Waals surface area (Å²) in [5.41, 5.74) is 1.43. The van der Waals surface area contributed by atoms with E-state index in [1.165, 1.54) is 17.8 Å². The lowest BCUT2D eigenvalue weighted by atomic mass is 10.2. The van der Waals surface area contributed by atoms with Gasteiger partial charge in [0.2, 0.25) is 5.43 Å². The van der Waals surface area contributed by atoms with Gasteiger partial charge in [-0.15, -0.1) is 0 Å². The Labute approximate surface area is 166 Å². The first-order valence-corrected chi connectivity index (χ1v) is 8.77. The molecule has 0 fully saturated rings. The summed E-state index contributed by atoms with van der Waals surface area (Å²) in [5.74, 6) is -0.871. The van der Waals surface area contributed by atoms with Gasteiger partial charge >= 0.3 is 0 Å². The standard InChI is InChI=1S/C20H17ClN4O3/c1-12-11-17(26)18(24-25(12)16-9-5-14(21)6-10-16)20(28)23-15-7-3-13(4-8-15)19(27)22-2/h3-11H,1-2H3,(H,22,27)(H,23,28). The molecule has 2 amide bonds. The van der Waals surface area contributed by atoms with Gasteiger partial charge in [0.25, 0.3) is 11.8 Å². The van der Waals surface area contributed by atoms with Crippen molar-refractivity contribution >= 4 is 29.1 Å². The average Bonchev–Trinajstić information content (AvgIpc) is 2.69. The highest BCUT2D eigenvalue weighted by atomic mass is 35.5. The smallest absolute Gasteiger partial charge is 0.280 e. The van der Waals surface area contributed by atoms with Gasteiger partial charge in [-0.3, -0.25) is 14.4 Å². The molecule has 2 N–H and O–H groups in total. The minimum absolute atomic E-state index is 0.232. The van der Waals surface area contributed by atoms with Crippen molar-refractivity contribution in [2.45, 2.75) is 6.92 Å². The van der Waals surface area contributed by atoms with Crippen LogP contribution in [0.3, 0.4) is 0 Å². The zero-order valence-electron chi connectivity index (χ0n) is 15.2. The highest BCUT2D eigenvalue weighted by Gasteiger charge is 2.16. The number of aromatic nitrogens is 2. The summed E-state index contributed by atoms with van der Waals surface area (Å²) in [6.45, 7) is 1.72. The van der Waals surface area contributed by atoms with Crippen molar-refractivity contribution < 1.29 is 9.59 Å². The van der Waals surface area contributed by atoms with Crippen LogP contribution in [0.1, 0.15) is 26.5 Å². The van der Waals surface area contributed by atoms with Gasteiger partial charge in [0, 0.05) is 35.1 Å². The van der Waals surface area contributed by atoms with Crippen molar-refractivity contribution in [3.05, 3.63) is 86.8 Å². The van der Waals surface area contributed by atoms with Crippen molar-refractivity contribution in [3.63, 3.8) is 0 Å². The van der Waals surface area contributed by atoms with Crippen LogP contribution in [0.5, 0.6) is 0 Å². The summed E-state index contributed by atoms with van der Waals surface area (Å²) in [6, 6.07) is 14.5. The van der Waals surface area contributed by atoms with E-state index >= 15 is 0 Å². The molecule has 2 aromatic carbocycles. The highest BCUT2D eigenvalue weighted by molar-refractivity contribution is 6.30. The molecule has 0 aliphatic heterocycles. The average molecular weight is 397 g/mol. The van der Waals surface area contributed by atoms with Gasteiger partial charge in [0.05, 0.1) is 5.69 Å². The second-order valence-electron chi connectivity index (χ2n) is 6.00. The van der Waals surface area contributed by atoms with Crippen LogP contribution in [0.2, 0.25) is 5.02 Å². The Bertz CT molecular complexity index is 1090. The minimum Gasteiger partial charge on any atom is -0.355 e. The number of rotatable bonds is 4. The van der Waals surface area contributed by atoms with Crippen molar-refractivity contribution in [2.24, 2.45) is 0 Å². The van der Waals surface area contributed by atoms with E-state index in [1.54, 1.807) is 55.5 Å². The number of halogens is 1. The van der Waals surface area contributed by atoms with Gasteiger partial charge < -0.3 is 10.6 Å². The van der Waals surface area contributed by atoms with Crippen LogP contribution in [0.4, 0.5) is 5.69 Å². The Morgan fingerprint density at radius 1 is 1.00 bits per heavy atom. The Kier molecular flexibility index (Phi) is 5.56. The van der Waals surface area contributed by atoms with E-state index in [2.05, 4.69) is 15.7 Å². The van der Waals surface area contributed by atoms with E-state index in [1.807, 2.05) is 0 Å². The third kappa shape index (κ3) is 4.10. The molecule has 0 saturated heterocycles. The molecule has 0 saturated carbocycles. The first-order valence-electron chi connectivity index (χ1n) is 8.39. The van der Waals surface area contributed by atoms with E-state index in [4.69, 9.17) is 11.6 Å². The van der Waals surface area contributed by atoms with Crippen LogP contribution in [0.15, 0.2) is 59.4 Å². The summed E-state index contributed by atoms with van der Waals surface area (Å²) in [4.78, 5) is 36.4. The normalized spacial score (nSPS) is 10.4. The van der Waals surface area contributed by atoms with Crippen LogP contribution in [0.25, 0.3) is 5.69 Å². The summed E-state index contributed by atoms with van der Waals surface area (Å²) >= 11 is 5.91. The third-order valence-corrected chi connectivity index (χ3v) is 4.28. The maximum Gasteiger partial charge on any atom is 0.280 e. The maximum absolute atomic E-state index is 12.6. The number of nitrogens with one attached hydrogen (secondary N) is 2.